The molecule has 0 bridgehead atoms. The van der Waals surface area contributed by atoms with E-state index in [9.17, 15) is 78.0 Å². The molecule has 0 unspecified atom stereocenters. The largest absolute Gasteiger partial charge is 0.481 e. The lowest BCUT2D eigenvalue weighted by atomic mass is 10.0. The van der Waals surface area contributed by atoms with Crippen molar-refractivity contribution in [1.29, 1.82) is 0 Å². The van der Waals surface area contributed by atoms with Gasteiger partial charge in [0.2, 0.25) is 35.4 Å². The van der Waals surface area contributed by atoms with Gasteiger partial charge in [-0.1, -0.05) is 60.7 Å². The van der Waals surface area contributed by atoms with Gasteiger partial charge < -0.3 is 73.8 Å². The smallest absolute Gasteiger partial charge is 0.327 e. The molecule has 0 fully saturated rings. The second-order valence-electron chi connectivity index (χ2n) is 15.8. The van der Waals surface area contributed by atoms with Gasteiger partial charge in [0.05, 0.1) is 6.42 Å². The van der Waals surface area contributed by atoms with Crippen molar-refractivity contribution in [3.8, 4) is 0 Å². The Balaban J connectivity index is 2.09. The number of amides is 8. The molecule has 7 atom stereocenters. The van der Waals surface area contributed by atoms with Gasteiger partial charge in [-0.25, -0.2) is 19.2 Å². The van der Waals surface area contributed by atoms with Crippen LogP contribution in [-0.2, 0) is 65.6 Å². The first-order valence-corrected chi connectivity index (χ1v) is 23.3. The molecule has 2 aromatic carbocycles. The molecule has 0 aliphatic carbocycles. The molecule has 0 aliphatic heterocycles. The van der Waals surface area contributed by atoms with Gasteiger partial charge >= 0.3 is 35.9 Å². The molecule has 0 aromatic heterocycles. The Morgan fingerprint density at radius 3 is 1.48 bits per heavy atom. The van der Waals surface area contributed by atoms with Crippen molar-refractivity contribution in [1.82, 2.24) is 42.5 Å². The highest BCUT2D eigenvalue weighted by atomic mass is 32.2. The molecule has 2 aromatic rings. The van der Waals surface area contributed by atoms with Gasteiger partial charge in [0.15, 0.2) is 0 Å². The molecular formula is C44H59N9O17S. The first kappa shape index (κ1) is 59.3. The van der Waals surface area contributed by atoms with Crippen molar-refractivity contribution in [2.75, 3.05) is 25.1 Å². The molecule has 0 heterocycles. The van der Waals surface area contributed by atoms with Crippen LogP contribution in [0, 0.1) is 0 Å². The van der Waals surface area contributed by atoms with Crippen LogP contribution in [-0.4, -0.2) is 164 Å². The summed E-state index contributed by atoms with van der Waals surface area (Å²) in [6.45, 7) is -0.646. The molecule has 71 heavy (non-hydrogen) atoms. The highest BCUT2D eigenvalue weighted by Gasteiger charge is 2.32. The summed E-state index contributed by atoms with van der Waals surface area (Å²) < 4.78 is 0. The highest BCUT2D eigenvalue weighted by molar-refractivity contribution is 7.98. The van der Waals surface area contributed by atoms with Crippen LogP contribution in [0.1, 0.15) is 56.1 Å². The first-order chi connectivity index (χ1) is 33.6. The fraction of sp³-hybridized carbons (Fsp3) is 0.455. The highest BCUT2D eigenvalue weighted by Crippen LogP contribution is 2.09. The third-order valence-corrected chi connectivity index (χ3v) is 10.7. The van der Waals surface area contributed by atoms with E-state index in [2.05, 4.69) is 31.9 Å². The van der Waals surface area contributed by atoms with Crippen LogP contribution in [0.2, 0.25) is 0 Å². The summed E-state index contributed by atoms with van der Waals surface area (Å²) in [5.41, 5.74) is 7.24. The number of hydrogen-bond acceptors (Lipinski definition) is 14. The second kappa shape index (κ2) is 31.3. The number of hydrogen-bond donors (Lipinski definition) is 14. The summed E-state index contributed by atoms with van der Waals surface area (Å²) in [6, 6.07) is 5.29. The number of aliphatic carboxylic acids is 5. The van der Waals surface area contributed by atoms with Crippen LogP contribution in [0.5, 0.6) is 0 Å². The maximum Gasteiger partial charge on any atom is 0.327 e. The average molecular weight is 1020 g/mol. The van der Waals surface area contributed by atoms with Crippen molar-refractivity contribution in [2.45, 2.75) is 100 Å². The normalized spacial score (nSPS) is 13.7. The third-order valence-electron chi connectivity index (χ3n) is 10.1. The number of carbonyl (C=O) groups excluding carboxylic acids is 7. The van der Waals surface area contributed by atoms with Gasteiger partial charge in [0.25, 0.3) is 0 Å². The Morgan fingerprint density at radius 2 is 0.986 bits per heavy atom. The molecule has 0 saturated carbocycles. The Bertz CT molecular complexity index is 2190. The van der Waals surface area contributed by atoms with Crippen LogP contribution in [0.15, 0.2) is 60.7 Å². The minimum atomic E-state index is -1.73. The van der Waals surface area contributed by atoms with Gasteiger partial charge in [0.1, 0.15) is 42.3 Å². The molecule has 15 N–H and O–H groups in total. The zero-order chi connectivity index (χ0) is 53.0. The maximum atomic E-state index is 14.0. The lowest BCUT2D eigenvalue weighted by Gasteiger charge is -2.24. The predicted molar refractivity (Wildman–Crippen MR) is 250 cm³/mol. The number of thioether (sulfide) groups is 1. The summed E-state index contributed by atoms with van der Waals surface area (Å²) >= 11 is 1.10. The quantitative estimate of drug-likeness (QED) is 0.0329. The number of carboxylic acid groups (broad SMARTS) is 5. The molecule has 388 valence electrons. The van der Waals surface area contributed by atoms with Gasteiger partial charge in [-0.15, -0.1) is 0 Å². The molecule has 26 nitrogen and oxygen atoms in total. The molecule has 2 rings (SSSR count). The summed E-state index contributed by atoms with van der Waals surface area (Å²) in [5.74, 6) is -12.4. The van der Waals surface area contributed by atoms with Gasteiger partial charge in [-0.05, 0) is 36.6 Å². The van der Waals surface area contributed by atoms with Crippen LogP contribution in [0.3, 0.4) is 0 Å². The number of nitrogens with two attached hydrogens (primary N) is 1. The predicted octanol–water partition coefficient (Wildman–Crippen LogP) is -2.48. The zero-order valence-electron chi connectivity index (χ0n) is 38.4. The van der Waals surface area contributed by atoms with E-state index in [1.807, 2.05) is 10.6 Å². The summed E-state index contributed by atoms with van der Waals surface area (Å²) in [5, 5.41) is 64.9. The Hall–Kier alpha value is -7.81. The number of carboxylic acids is 5. The van der Waals surface area contributed by atoms with Gasteiger partial charge in [0, 0.05) is 50.9 Å². The van der Waals surface area contributed by atoms with Gasteiger partial charge in [-0.3, -0.25) is 38.4 Å². The summed E-state index contributed by atoms with van der Waals surface area (Å²) in [7, 11) is 0. The minimum Gasteiger partial charge on any atom is -0.481 e. The number of benzene rings is 2. The van der Waals surface area contributed by atoms with E-state index in [-0.39, 0.29) is 38.0 Å². The van der Waals surface area contributed by atoms with E-state index < -0.39 is 152 Å². The van der Waals surface area contributed by atoms with E-state index in [4.69, 9.17) is 10.8 Å². The van der Waals surface area contributed by atoms with E-state index in [0.29, 0.717) is 11.1 Å². The molecule has 0 spiro atoms. The zero-order valence-corrected chi connectivity index (χ0v) is 39.2. The van der Waals surface area contributed by atoms with Crippen LogP contribution in [0.25, 0.3) is 0 Å². The molecule has 0 aliphatic rings. The monoisotopic (exact) mass is 1020 g/mol. The van der Waals surface area contributed by atoms with Crippen molar-refractivity contribution >= 4 is 83.1 Å². The fourth-order valence-electron chi connectivity index (χ4n) is 6.34. The van der Waals surface area contributed by atoms with Crippen LogP contribution in [0.4, 0.5) is 4.79 Å². The maximum absolute atomic E-state index is 14.0. The SMILES string of the molecule is CSC[C@H](NC(=O)[C@H](CC(=O)O)NC(=O)[C@@H](N)CNC(=O)[C@H](Cc1ccccc1)NC(=O)[C@H](Cc1ccccc1)NC(=O)CCCNC(=O)CC[C@H](NC(=O)N[C@@H](CCC(=O)O)C(=O)O)C(=O)O)C(=O)O. The second-order valence-corrected chi connectivity index (χ2v) is 16.7. The molecule has 8 amide bonds. The lowest BCUT2D eigenvalue weighted by molar-refractivity contribution is -0.143. The Labute approximate surface area is 410 Å². The summed E-state index contributed by atoms with van der Waals surface area (Å²) in [6.07, 6.45) is -1.52. The standard InChI is InChI=1S/C44H59N9O17S/c1-71-23-32(43(68)69)51-40(63)31(21-36(58)59)49-37(60)26(45)22-47-38(61)29(19-24-9-4-2-5-10-24)50-39(62)30(20-25-11-6-3-7-12-25)48-34(55)13-8-18-46-33(54)16-14-27(41(64)65)52-44(70)53-28(42(66)67)15-17-35(56)57/h2-7,9-12,26-32H,8,13-23,45H2,1H3,(H,46,54)(H,47,61)(H,48,55)(H,49,60)(H,50,62)(H,51,63)(H,56,57)(H,58,59)(H,64,65)(H,66,67)(H,68,69)(H2,52,53,70)/t26-,27-,28-,29-,30-,31-,32-/m0/s1. The van der Waals surface area contributed by atoms with Crippen molar-refractivity contribution < 1.29 is 83.1 Å². The Morgan fingerprint density at radius 1 is 0.507 bits per heavy atom. The molecule has 0 radical (unpaired) electrons. The van der Waals surface area contributed by atoms with Crippen LogP contribution >= 0.6 is 11.8 Å². The average Bonchev–Trinajstić information content (AvgIpc) is 3.31. The third kappa shape index (κ3) is 23.9. The Kier molecular flexibility index (Phi) is 26.2. The molecule has 0 saturated heterocycles. The summed E-state index contributed by atoms with van der Waals surface area (Å²) in [4.78, 5) is 148. The first-order valence-electron chi connectivity index (χ1n) is 21.9. The van der Waals surface area contributed by atoms with E-state index >= 15 is 0 Å². The number of rotatable bonds is 33. The topological polar surface area (TPSA) is 428 Å². The lowest BCUT2D eigenvalue weighted by Crippen LogP contribution is -2.58. The number of carbonyl (C=O) groups is 12. The minimum absolute atomic E-state index is 0.0362. The number of urea groups is 1. The molecular weight excluding hydrogens is 959 g/mol. The number of nitrogens with one attached hydrogen (secondary N) is 8. The van der Waals surface area contributed by atoms with Crippen molar-refractivity contribution in [3.63, 3.8) is 0 Å². The van der Waals surface area contributed by atoms with Crippen molar-refractivity contribution in [3.05, 3.63) is 71.8 Å². The van der Waals surface area contributed by atoms with E-state index in [1.54, 1.807) is 66.9 Å². The van der Waals surface area contributed by atoms with Crippen LogP contribution < -0.4 is 48.3 Å². The van der Waals surface area contributed by atoms with E-state index in [0.717, 1.165) is 11.8 Å². The van der Waals surface area contributed by atoms with Crippen molar-refractivity contribution in [2.24, 2.45) is 5.73 Å². The fourth-order valence-corrected chi connectivity index (χ4v) is 6.90. The van der Waals surface area contributed by atoms with E-state index in [1.165, 1.54) is 0 Å². The molecule has 27 heteroatoms. The van der Waals surface area contributed by atoms with Gasteiger partial charge in [-0.2, -0.15) is 11.8 Å².